The van der Waals surface area contributed by atoms with E-state index in [-0.39, 0.29) is 5.02 Å². The highest BCUT2D eigenvalue weighted by molar-refractivity contribution is 7.99. The van der Waals surface area contributed by atoms with E-state index in [4.69, 9.17) is 17.3 Å². The van der Waals surface area contributed by atoms with E-state index < -0.39 is 5.82 Å². The summed E-state index contributed by atoms with van der Waals surface area (Å²) in [6, 6.07) is 4.47. The number of nitrogen functional groups attached to an aromatic ring is 1. The Balaban J connectivity index is 2.42. The van der Waals surface area contributed by atoms with Crippen LogP contribution in [0, 0.1) is 5.82 Å². The number of thioether (sulfide) groups is 1. The molecule has 0 bridgehead atoms. The molecular weight excluding hydrogens is 261 g/mol. The van der Waals surface area contributed by atoms with Gasteiger partial charge in [-0.05, 0) is 17.9 Å². The molecule has 0 aliphatic carbocycles. The molecule has 0 atom stereocenters. The van der Waals surface area contributed by atoms with Crippen molar-refractivity contribution in [3.8, 4) is 5.69 Å². The van der Waals surface area contributed by atoms with E-state index in [0.29, 0.717) is 11.5 Å². The number of nitrogens with two attached hydrogens (primary N) is 1. The fraction of sp³-hybridized carbons (Fsp3) is 0.182. The fourth-order valence-corrected chi connectivity index (χ4v) is 2.22. The third-order valence-corrected chi connectivity index (χ3v) is 3.44. The summed E-state index contributed by atoms with van der Waals surface area (Å²) in [6.45, 7) is 2.03. The first-order valence-electron chi connectivity index (χ1n) is 5.05. The Bertz CT molecular complexity index is 542. The summed E-state index contributed by atoms with van der Waals surface area (Å²) in [7, 11) is 0. The van der Waals surface area contributed by atoms with Crippen LogP contribution in [0.15, 0.2) is 29.3 Å². The number of anilines is 1. The Morgan fingerprint density at radius 2 is 2.29 bits per heavy atom. The largest absolute Gasteiger partial charge is 0.383 e. The summed E-state index contributed by atoms with van der Waals surface area (Å²) in [5, 5.41) is 4.22. The lowest BCUT2D eigenvalue weighted by atomic mass is 10.3. The second-order valence-electron chi connectivity index (χ2n) is 3.34. The molecule has 0 unspecified atom stereocenters. The first-order valence-corrected chi connectivity index (χ1v) is 6.41. The van der Waals surface area contributed by atoms with Crippen molar-refractivity contribution >= 4 is 29.2 Å². The van der Waals surface area contributed by atoms with Crippen LogP contribution in [0.25, 0.3) is 5.69 Å². The van der Waals surface area contributed by atoms with Gasteiger partial charge in [0.1, 0.15) is 11.6 Å². The van der Waals surface area contributed by atoms with E-state index in [0.717, 1.165) is 10.6 Å². The summed E-state index contributed by atoms with van der Waals surface area (Å²) in [6.07, 6.45) is 1.68. The van der Waals surface area contributed by atoms with Gasteiger partial charge in [0.15, 0.2) is 0 Å². The van der Waals surface area contributed by atoms with Crippen molar-refractivity contribution in [3.63, 3.8) is 0 Å². The van der Waals surface area contributed by atoms with Crippen LogP contribution in [0.3, 0.4) is 0 Å². The average Bonchev–Trinajstić information content (AvgIpc) is 2.66. The molecule has 0 saturated carbocycles. The Labute approximate surface area is 108 Å². The van der Waals surface area contributed by atoms with Gasteiger partial charge in [0.2, 0.25) is 0 Å². The van der Waals surface area contributed by atoms with E-state index in [1.165, 1.54) is 16.8 Å². The van der Waals surface area contributed by atoms with E-state index in [1.807, 2.05) is 6.92 Å². The van der Waals surface area contributed by atoms with Gasteiger partial charge in [0, 0.05) is 6.07 Å². The lowest BCUT2D eigenvalue weighted by Crippen LogP contribution is -2.02. The minimum Gasteiger partial charge on any atom is -0.383 e. The first-order chi connectivity index (χ1) is 8.13. The van der Waals surface area contributed by atoms with Crippen LogP contribution in [-0.4, -0.2) is 15.5 Å². The van der Waals surface area contributed by atoms with Gasteiger partial charge in [0.25, 0.3) is 0 Å². The highest BCUT2D eigenvalue weighted by atomic mass is 35.5. The van der Waals surface area contributed by atoms with E-state index in [9.17, 15) is 4.39 Å². The van der Waals surface area contributed by atoms with Crippen LogP contribution in [0.4, 0.5) is 10.2 Å². The summed E-state index contributed by atoms with van der Waals surface area (Å²) in [5.41, 5.74) is 6.50. The highest BCUT2D eigenvalue weighted by Crippen LogP contribution is 2.27. The zero-order valence-electron chi connectivity index (χ0n) is 9.15. The van der Waals surface area contributed by atoms with Crippen LogP contribution < -0.4 is 5.73 Å². The molecule has 17 heavy (non-hydrogen) atoms. The van der Waals surface area contributed by atoms with E-state index >= 15 is 0 Å². The maximum absolute atomic E-state index is 13.3. The fourth-order valence-electron chi connectivity index (χ4n) is 1.43. The van der Waals surface area contributed by atoms with Crippen LogP contribution in [0.5, 0.6) is 0 Å². The van der Waals surface area contributed by atoms with Gasteiger partial charge in [-0.2, -0.15) is 5.10 Å². The van der Waals surface area contributed by atoms with E-state index in [2.05, 4.69) is 5.10 Å². The Morgan fingerprint density at radius 3 is 2.94 bits per heavy atom. The number of benzene rings is 1. The maximum atomic E-state index is 13.3. The second-order valence-corrected chi connectivity index (χ2v) is 5.05. The van der Waals surface area contributed by atoms with Gasteiger partial charge >= 0.3 is 0 Å². The topological polar surface area (TPSA) is 43.8 Å². The van der Waals surface area contributed by atoms with Crippen LogP contribution in [0.1, 0.15) is 6.92 Å². The number of halogens is 2. The molecule has 2 aromatic rings. The van der Waals surface area contributed by atoms with Gasteiger partial charge in [-0.3, -0.25) is 0 Å². The molecule has 1 aromatic carbocycles. The van der Waals surface area contributed by atoms with Crippen LogP contribution >= 0.6 is 23.4 Å². The Kier molecular flexibility index (Phi) is 3.59. The Hall–Kier alpha value is -1.20. The van der Waals surface area contributed by atoms with Crippen LogP contribution in [-0.2, 0) is 0 Å². The monoisotopic (exact) mass is 271 g/mol. The molecule has 0 aliphatic heterocycles. The number of aromatic nitrogens is 2. The molecule has 6 heteroatoms. The molecule has 2 N–H and O–H groups in total. The quantitative estimate of drug-likeness (QED) is 0.871. The lowest BCUT2D eigenvalue weighted by Gasteiger charge is -2.05. The Morgan fingerprint density at radius 1 is 1.53 bits per heavy atom. The average molecular weight is 272 g/mol. The molecule has 0 amide bonds. The maximum Gasteiger partial charge on any atom is 0.143 e. The van der Waals surface area contributed by atoms with E-state index in [1.54, 1.807) is 24.0 Å². The number of hydrogen-bond donors (Lipinski definition) is 1. The third kappa shape index (κ3) is 2.40. The predicted octanol–water partition coefficient (Wildman–Crippen LogP) is 3.36. The molecule has 1 heterocycles. The molecule has 0 fully saturated rings. The zero-order valence-corrected chi connectivity index (χ0v) is 10.7. The van der Waals surface area contributed by atoms with Gasteiger partial charge in [-0.15, -0.1) is 11.8 Å². The summed E-state index contributed by atoms with van der Waals surface area (Å²) < 4.78 is 14.8. The molecule has 0 saturated heterocycles. The van der Waals surface area contributed by atoms with Gasteiger partial charge in [-0.25, -0.2) is 9.07 Å². The smallest absolute Gasteiger partial charge is 0.143 e. The molecular formula is C11H11ClFN3S. The normalized spacial score (nSPS) is 10.8. The number of hydrogen-bond acceptors (Lipinski definition) is 3. The minimum atomic E-state index is -0.483. The standard InChI is InChI=1S/C11H11ClFN3S/c1-2-17-10-6-15-16(11(10)14)7-3-4-8(12)9(13)5-7/h3-6H,2,14H2,1H3. The SMILES string of the molecule is CCSc1cnn(-c2ccc(Cl)c(F)c2)c1N. The zero-order chi connectivity index (χ0) is 12.4. The third-order valence-electron chi connectivity index (χ3n) is 2.22. The number of nitrogens with zero attached hydrogens (tertiary/aromatic N) is 2. The summed E-state index contributed by atoms with van der Waals surface area (Å²) in [5.74, 6) is 0.938. The predicted molar refractivity (Wildman–Crippen MR) is 69.3 cm³/mol. The lowest BCUT2D eigenvalue weighted by molar-refractivity contribution is 0.626. The van der Waals surface area contributed by atoms with Crippen LogP contribution in [0.2, 0.25) is 5.02 Å². The summed E-state index contributed by atoms with van der Waals surface area (Å²) >= 11 is 7.22. The van der Waals surface area contributed by atoms with Gasteiger partial charge in [-0.1, -0.05) is 18.5 Å². The summed E-state index contributed by atoms with van der Waals surface area (Å²) in [4.78, 5) is 0.892. The number of rotatable bonds is 3. The molecule has 90 valence electrons. The molecule has 0 spiro atoms. The van der Waals surface area contributed by atoms with Crippen molar-refractivity contribution in [1.82, 2.24) is 9.78 Å². The van der Waals surface area contributed by atoms with Crippen molar-refractivity contribution in [1.29, 1.82) is 0 Å². The second kappa shape index (κ2) is 4.98. The highest BCUT2D eigenvalue weighted by Gasteiger charge is 2.10. The van der Waals surface area contributed by atoms with Crippen molar-refractivity contribution in [2.75, 3.05) is 11.5 Å². The first kappa shape index (κ1) is 12.3. The molecule has 0 radical (unpaired) electrons. The molecule has 1 aromatic heterocycles. The van der Waals surface area contributed by atoms with Gasteiger partial charge < -0.3 is 5.73 Å². The molecule has 3 nitrogen and oxygen atoms in total. The van der Waals surface area contributed by atoms with Crippen molar-refractivity contribution in [2.24, 2.45) is 0 Å². The van der Waals surface area contributed by atoms with Crippen molar-refractivity contribution in [2.45, 2.75) is 11.8 Å². The molecule has 0 aliphatic rings. The minimum absolute atomic E-state index is 0.0858. The van der Waals surface area contributed by atoms with Gasteiger partial charge in [0.05, 0.1) is 21.8 Å². The molecule has 2 rings (SSSR count). The van der Waals surface area contributed by atoms with Crippen molar-refractivity contribution < 1.29 is 4.39 Å². The van der Waals surface area contributed by atoms with Crippen molar-refractivity contribution in [3.05, 3.63) is 35.2 Å².